The smallest absolute Gasteiger partial charge is 0.246 e. The van der Waals surface area contributed by atoms with Crippen LogP contribution in [0.15, 0.2) is 45.0 Å². The molecule has 29 heavy (non-hydrogen) atoms. The van der Waals surface area contributed by atoms with E-state index in [0.29, 0.717) is 43.0 Å². The van der Waals surface area contributed by atoms with E-state index in [1.165, 1.54) is 17.5 Å². The second kappa shape index (κ2) is 7.97. The number of methoxy groups -OCH3 is 1. The van der Waals surface area contributed by atoms with Gasteiger partial charge in [-0.1, -0.05) is 18.5 Å². The molecule has 0 spiro atoms. The summed E-state index contributed by atoms with van der Waals surface area (Å²) in [7, 11) is -2.25. The van der Waals surface area contributed by atoms with Gasteiger partial charge in [-0.25, -0.2) is 13.4 Å². The maximum Gasteiger partial charge on any atom is 0.246 e. The molecule has 0 aromatic heterocycles. The molecule has 0 saturated carbocycles. The summed E-state index contributed by atoms with van der Waals surface area (Å²) < 4.78 is 32.9. The molecule has 3 heterocycles. The predicted molar refractivity (Wildman–Crippen MR) is 113 cm³/mol. The Balaban J connectivity index is 1.47. The Morgan fingerprint density at radius 1 is 1.24 bits per heavy atom. The first-order chi connectivity index (χ1) is 13.9. The molecule has 4 rings (SSSR count). The first kappa shape index (κ1) is 20.2. The van der Waals surface area contributed by atoms with Gasteiger partial charge in [-0.05, 0) is 24.6 Å². The van der Waals surface area contributed by atoms with E-state index in [1.807, 2.05) is 12.4 Å². The van der Waals surface area contributed by atoms with Crippen LogP contribution >= 0.6 is 11.6 Å². The van der Waals surface area contributed by atoms with E-state index in [1.54, 1.807) is 12.1 Å². The van der Waals surface area contributed by atoms with Gasteiger partial charge < -0.3 is 14.5 Å². The van der Waals surface area contributed by atoms with Crippen molar-refractivity contribution in [3.8, 4) is 5.75 Å². The lowest BCUT2D eigenvalue weighted by atomic mass is 10.2. The van der Waals surface area contributed by atoms with E-state index in [0.717, 1.165) is 24.6 Å². The van der Waals surface area contributed by atoms with E-state index in [9.17, 15) is 8.42 Å². The highest BCUT2D eigenvalue weighted by Crippen LogP contribution is 2.30. The van der Waals surface area contributed by atoms with Gasteiger partial charge >= 0.3 is 0 Å². The van der Waals surface area contributed by atoms with E-state index in [-0.39, 0.29) is 4.90 Å². The third-order valence-electron chi connectivity index (χ3n) is 5.38. The van der Waals surface area contributed by atoms with Crippen LogP contribution in [-0.4, -0.2) is 80.6 Å². The summed E-state index contributed by atoms with van der Waals surface area (Å²) in [5, 5.41) is 0.358. The maximum absolute atomic E-state index is 13.1. The summed E-state index contributed by atoms with van der Waals surface area (Å²) >= 11 is 6.02. The Kier molecular flexibility index (Phi) is 5.54. The average Bonchev–Trinajstić information content (AvgIpc) is 3.16. The number of piperazine rings is 1. The molecule has 1 fully saturated rings. The number of nitrogens with zero attached hydrogens (tertiary/aromatic N) is 5. The molecule has 1 atom stereocenters. The molecule has 1 saturated heterocycles. The van der Waals surface area contributed by atoms with Crippen LogP contribution < -0.4 is 4.74 Å². The zero-order chi connectivity index (χ0) is 20.6. The van der Waals surface area contributed by atoms with Crippen molar-refractivity contribution in [1.82, 2.24) is 14.1 Å². The van der Waals surface area contributed by atoms with Crippen molar-refractivity contribution in [1.29, 1.82) is 0 Å². The maximum atomic E-state index is 13.1. The standard InChI is InChI=1S/C19H24ClN5O3S/c1-3-15-12-24-13-21-18(11-19(24)22-15)23-6-8-25(9-7-23)29(26,27)17-10-14(20)4-5-16(17)28-2/h4-5,10-11,13,15H,3,6-9,12H2,1-2H3. The largest absolute Gasteiger partial charge is 0.495 e. The van der Waals surface area contributed by atoms with Crippen molar-refractivity contribution >= 4 is 33.8 Å². The molecule has 0 bridgehead atoms. The lowest BCUT2D eigenvalue weighted by Gasteiger charge is -2.36. The topological polar surface area (TPSA) is 77.8 Å². The van der Waals surface area contributed by atoms with Crippen molar-refractivity contribution in [2.75, 3.05) is 39.8 Å². The van der Waals surface area contributed by atoms with Gasteiger partial charge in [0.15, 0.2) is 0 Å². The number of ether oxygens (including phenoxy) is 1. The number of amidine groups is 1. The highest BCUT2D eigenvalue weighted by molar-refractivity contribution is 7.89. The minimum atomic E-state index is -3.70. The molecule has 0 radical (unpaired) electrons. The van der Waals surface area contributed by atoms with Crippen molar-refractivity contribution < 1.29 is 13.2 Å². The van der Waals surface area contributed by atoms with Gasteiger partial charge in [-0.15, -0.1) is 0 Å². The molecule has 0 aliphatic carbocycles. The molecule has 10 heteroatoms. The van der Waals surface area contributed by atoms with Crippen LogP contribution in [-0.2, 0) is 10.0 Å². The van der Waals surface area contributed by atoms with Gasteiger partial charge in [0.1, 0.15) is 22.3 Å². The molecule has 156 valence electrons. The summed E-state index contributed by atoms with van der Waals surface area (Å²) in [6.07, 6.45) is 4.81. The summed E-state index contributed by atoms with van der Waals surface area (Å²) in [6.45, 7) is 4.82. The molecule has 8 nitrogen and oxygen atoms in total. The van der Waals surface area contributed by atoms with Crippen LogP contribution in [0.4, 0.5) is 0 Å². The number of fused-ring (bicyclic) bond motifs is 1. The van der Waals surface area contributed by atoms with Gasteiger partial charge in [0.05, 0.1) is 19.5 Å². The summed E-state index contributed by atoms with van der Waals surface area (Å²) in [5.74, 6) is 2.05. The Hall–Kier alpha value is -2.10. The molecule has 0 amide bonds. The van der Waals surface area contributed by atoms with Crippen molar-refractivity contribution in [2.45, 2.75) is 24.3 Å². The number of benzene rings is 1. The number of aliphatic imine (C=N–C) groups is 2. The minimum absolute atomic E-state index is 0.0948. The third-order valence-corrected chi connectivity index (χ3v) is 7.54. The fraction of sp³-hybridized carbons (Fsp3) is 0.474. The quantitative estimate of drug-likeness (QED) is 0.704. The third kappa shape index (κ3) is 3.86. The summed E-state index contributed by atoms with van der Waals surface area (Å²) in [5.41, 5.74) is 0. The Bertz CT molecular complexity index is 984. The number of halogens is 1. The molecule has 3 aliphatic rings. The van der Waals surface area contributed by atoms with Gasteiger partial charge in [-0.3, -0.25) is 4.99 Å². The highest BCUT2D eigenvalue weighted by Gasteiger charge is 2.33. The number of sulfonamides is 1. The summed E-state index contributed by atoms with van der Waals surface area (Å²) in [4.78, 5) is 13.5. The predicted octanol–water partition coefficient (Wildman–Crippen LogP) is 2.03. The van der Waals surface area contributed by atoms with Crippen LogP contribution in [0.3, 0.4) is 0 Å². The Morgan fingerprint density at radius 3 is 2.69 bits per heavy atom. The second-order valence-electron chi connectivity index (χ2n) is 7.14. The van der Waals surface area contributed by atoms with Crippen molar-refractivity contribution in [3.63, 3.8) is 0 Å². The lowest BCUT2D eigenvalue weighted by Crippen LogP contribution is -2.48. The van der Waals surface area contributed by atoms with E-state index < -0.39 is 10.0 Å². The lowest BCUT2D eigenvalue weighted by molar-refractivity contribution is 0.226. The number of hydrogen-bond donors (Lipinski definition) is 0. The molecule has 1 unspecified atom stereocenters. The van der Waals surface area contributed by atoms with Gasteiger partial charge in [-0.2, -0.15) is 4.31 Å². The SMILES string of the molecule is CCC1CN2C=NC(N3CCN(S(=O)(=O)c4cc(Cl)ccc4OC)CC3)=CC2=N1. The van der Waals surface area contributed by atoms with Crippen molar-refractivity contribution in [3.05, 3.63) is 35.1 Å². The fourth-order valence-corrected chi connectivity index (χ4v) is 5.51. The fourth-order valence-electron chi connectivity index (χ4n) is 3.67. The van der Waals surface area contributed by atoms with Crippen LogP contribution in [0.25, 0.3) is 0 Å². The van der Waals surface area contributed by atoms with Crippen LogP contribution in [0, 0.1) is 0 Å². The van der Waals surface area contributed by atoms with Gasteiger partial charge in [0.2, 0.25) is 10.0 Å². The van der Waals surface area contributed by atoms with Crippen LogP contribution in [0.5, 0.6) is 5.75 Å². The zero-order valence-corrected chi connectivity index (χ0v) is 18.0. The van der Waals surface area contributed by atoms with Gasteiger partial charge in [0.25, 0.3) is 0 Å². The molecule has 0 N–H and O–H groups in total. The highest BCUT2D eigenvalue weighted by atomic mass is 35.5. The normalized spacial score (nSPS) is 22.4. The molecule has 1 aromatic carbocycles. The Labute approximate surface area is 176 Å². The van der Waals surface area contributed by atoms with Crippen molar-refractivity contribution in [2.24, 2.45) is 9.98 Å². The number of hydrogen-bond acceptors (Lipinski definition) is 7. The monoisotopic (exact) mass is 437 g/mol. The summed E-state index contributed by atoms with van der Waals surface area (Å²) in [6, 6.07) is 4.93. The van der Waals surface area contributed by atoms with Gasteiger partial charge in [0, 0.05) is 43.8 Å². The molecular formula is C19H24ClN5O3S. The molecular weight excluding hydrogens is 414 g/mol. The van der Waals surface area contributed by atoms with Crippen LogP contribution in [0.2, 0.25) is 5.02 Å². The average molecular weight is 438 g/mol. The zero-order valence-electron chi connectivity index (χ0n) is 16.5. The number of rotatable bonds is 5. The Morgan fingerprint density at radius 2 is 2.00 bits per heavy atom. The van der Waals surface area contributed by atoms with E-state index >= 15 is 0 Å². The molecule has 3 aliphatic heterocycles. The second-order valence-corrected chi connectivity index (χ2v) is 9.48. The first-order valence-corrected chi connectivity index (χ1v) is 11.4. The first-order valence-electron chi connectivity index (χ1n) is 9.61. The van der Waals surface area contributed by atoms with E-state index in [4.69, 9.17) is 21.3 Å². The van der Waals surface area contributed by atoms with Crippen LogP contribution in [0.1, 0.15) is 13.3 Å². The minimum Gasteiger partial charge on any atom is -0.495 e. The van der Waals surface area contributed by atoms with E-state index in [2.05, 4.69) is 21.7 Å². The molecule has 1 aromatic rings.